The number of nitrogens with zero attached hydrogens (tertiary/aromatic N) is 2. The highest BCUT2D eigenvalue weighted by atomic mass is 16.5. The van der Waals surface area contributed by atoms with Crippen LogP contribution in [-0.2, 0) is 22.7 Å². The average Bonchev–Trinajstić information content (AvgIpc) is 2.89. The van der Waals surface area contributed by atoms with Gasteiger partial charge in [-0.05, 0) is 23.8 Å². The summed E-state index contributed by atoms with van der Waals surface area (Å²) in [5.74, 6) is -0.0545. The van der Waals surface area contributed by atoms with Gasteiger partial charge in [0.1, 0.15) is 0 Å². The molecule has 1 heterocycles. The van der Waals surface area contributed by atoms with E-state index in [4.69, 9.17) is 43.5 Å². The van der Waals surface area contributed by atoms with Gasteiger partial charge in [-0.3, -0.25) is 9.80 Å². The van der Waals surface area contributed by atoms with Crippen molar-refractivity contribution in [2.75, 3.05) is 61.7 Å². The molecule has 198 valence electrons. The van der Waals surface area contributed by atoms with Crippen LogP contribution in [0.1, 0.15) is 11.1 Å². The second-order valence-electron chi connectivity index (χ2n) is 7.85. The molecule has 0 bridgehead atoms. The van der Waals surface area contributed by atoms with Crippen molar-refractivity contribution in [1.29, 1.82) is 0 Å². The number of hydrogen-bond acceptors (Lipinski definition) is 9. The van der Waals surface area contributed by atoms with Crippen LogP contribution in [0.5, 0.6) is 28.7 Å². The van der Waals surface area contributed by atoms with Crippen molar-refractivity contribution >= 4 is 11.9 Å². The lowest BCUT2D eigenvalue weighted by atomic mass is 10.1. The Morgan fingerprint density at radius 1 is 0.667 bits per heavy atom. The first kappa shape index (κ1) is 28.5. The van der Waals surface area contributed by atoms with E-state index in [0.29, 0.717) is 11.5 Å². The fourth-order valence-electron chi connectivity index (χ4n) is 3.87. The Hall–Kier alpha value is -3.70. The zero-order valence-corrected chi connectivity index (χ0v) is 21.3. The molecule has 1 saturated heterocycles. The van der Waals surface area contributed by atoms with Gasteiger partial charge in [0.05, 0.1) is 35.5 Å². The van der Waals surface area contributed by atoms with Crippen LogP contribution in [0.15, 0.2) is 30.3 Å². The molecule has 1 aliphatic rings. The Labute approximate surface area is 210 Å². The highest BCUT2D eigenvalue weighted by molar-refractivity contribution is 6.27. The molecule has 2 N–H and O–H groups in total. The molecule has 1 aliphatic heterocycles. The minimum Gasteiger partial charge on any atom is -0.493 e. The summed E-state index contributed by atoms with van der Waals surface area (Å²) in [6.07, 6.45) is 0. The average molecular weight is 507 g/mol. The Morgan fingerprint density at radius 2 is 1.17 bits per heavy atom. The van der Waals surface area contributed by atoms with E-state index in [0.717, 1.165) is 62.1 Å². The van der Waals surface area contributed by atoms with Gasteiger partial charge in [-0.2, -0.15) is 0 Å². The molecular formula is C25H34N2O9. The van der Waals surface area contributed by atoms with Crippen molar-refractivity contribution in [2.45, 2.75) is 13.1 Å². The van der Waals surface area contributed by atoms with E-state index in [9.17, 15) is 0 Å². The molecule has 0 amide bonds. The molecule has 0 atom stereocenters. The van der Waals surface area contributed by atoms with Crippen LogP contribution in [0, 0.1) is 0 Å². The van der Waals surface area contributed by atoms with Crippen molar-refractivity contribution in [3.63, 3.8) is 0 Å². The molecule has 11 heteroatoms. The van der Waals surface area contributed by atoms with E-state index in [-0.39, 0.29) is 0 Å². The first-order chi connectivity index (χ1) is 17.3. The summed E-state index contributed by atoms with van der Waals surface area (Å²) in [5, 5.41) is 14.8. The van der Waals surface area contributed by atoms with Crippen LogP contribution in [0.3, 0.4) is 0 Å². The molecular weight excluding hydrogens is 472 g/mol. The standard InChI is InChI=1S/C23H32N2O5.C2H2O4/c1-26-19-8-6-17(14-21(19)28-3)15-24-10-12-25(13-11-24)16-18-7-9-20(27-2)23(30-5)22(18)29-4;3-1(4)2(5)6/h6-9,14H,10-13,15-16H2,1-5H3;(H,3,4)(H,5,6). The zero-order valence-electron chi connectivity index (χ0n) is 21.3. The summed E-state index contributed by atoms with van der Waals surface area (Å²) in [6, 6.07) is 10.1. The number of benzene rings is 2. The lowest BCUT2D eigenvalue weighted by Gasteiger charge is -2.35. The molecule has 0 aliphatic carbocycles. The van der Waals surface area contributed by atoms with Crippen LogP contribution in [-0.4, -0.2) is 93.7 Å². The number of rotatable bonds is 9. The smallest absolute Gasteiger partial charge is 0.414 e. The summed E-state index contributed by atoms with van der Waals surface area (Å²) < 4.78 is 27.3. The predicted octanol–water partition coefficient (Wildman–Crippen LogP) is 2.20. The number of ether oxygens (including phenoxy) is 5. The summed E-state index contributed by atoms with van der Waals surface area (Å²) in [5.41, 5.74) is 2.33. The highest BCUT2D eigenvalue weighted by Crippen LogP contribution is 2.40. The molecule has 0 saturated carbocycles. The molecule has 2 aromatic rings. The van der Waals surface area contributed by atoms with Crippen molar-refractivity contribution in [1.82, 2.24) is 9.80 Å². The molecule has 0 unspecified atom stereocenters. The third kappa shape index (κ3) is 7.65. The first-order valence-electron chi connectivity index (χ1n) is 11.2. The topological polar surface area (TPSA) is 127 Å². The zero-order chi connectivity index (χ0) is 26.7. The Morgan fingerprint density at radius 3 is 1.64 bits per heavy atom. The monoisotopic (exact) mass is 506 g/mol. The van der Waals surface area contributed by atoms with Gasteiger partial charge in [-0.15, -0.1) is 0 Å². The van der Waals surface area contributed by atoms with Gasteiger partial charge < -0.3 is 33.9 Å². The Kier molecular flexibility index (Phi) is 11.1. The molecule has 2 aromatic carbocycles. The minimum atomic E-state index is -1.82. The van der Waals surface area contributed by atoms with E-state index in [1.807, 2.05) is 12.1 Å². The largest absolute Gasteiger partial charge is 0.493 e. The van der Waals surface area contributed by atoms with Crippen molar-refractivity contribution in [3.8, 4) is 28.7 Å². The molecule has 0 aromatic heterocycles. The van der Waals surface area contributed by atoms with E-state index in [1.165, 1.54) is 5.56 Å². The van der Waals surface area contributed by atoms with Gasteiger partial charge in [0.25, 0.3) is 0 Å². The van der Waals surface area contributed by atoms with Crippen LogP contribution < -0.4 is 23.7 Å². The number of aliphatic carboxylic acids is 2. The summed E-state index contributed by atoms with van der Waals surface area (Å²) in [4.78, 5) is 23.1. The summed E-state index contributed by atoms with van der Waals surface area (Å²) >= 11 is 0. The van der Waals surface area contributed by atoms with Crippen molar-refractivity contribution in [3.05, 3.63) is 41.5 Å². The van der Waals surface area contributed by atoms with Gasteiger partial charge in [0.2, 0.25) is 5.75 Å². The third-order valence-corrected chi connectivity index (χ3v) is 5.68. The van der Waals surface area contributed by atoms with E-state index < -0.39 is 11.9 Å². The van der Waals surface area contributed by atoms with Crippen LogP contribution >= 0.6 is 0 Å². The second-order valence-corrected chi connectivity index (χ2v) is 7.85. The molecule has 1 fully saturated rings. The Balaban J connectivity index is 0.000000678. The van der Waals surface area contributed by atoms with Crippen LogP contribution in [0.2, 0.25) is 0 Å². The number of carboxylic acid groups (broad SMARTS) is 2. The van der Waals surface area contributed by atoms with Gasteiger partial charge in [0.15, 0.2) is 23.0 Å². The van der Waals surface area contributed by atoms with Crippen LogP contribution in [0.25, 0.3) is 0 Å². The normalized spacial score (nSPS) is 13.7. The lowest BCUT2D eigenvalue weighted by molar-refractivity contribution is -0.159. The van der Waals surface area contributed by atoms with E-state index in [1.54, 1.807) is 35.5 Å². The fourth-order valence-corrected chi connectivity index (χ4v) is 3.87. The van der Waals surface area contributed by atoms with Crippen molar-refractivity contribution in [2.24, 2.45) is 0 Å². The molecule has 36 heavy (non-hydrogen) atoms. The van der Waals surface area contributed by atoms with Gasteiger partial charge in [0, 0.05) is 44.8 Å². The lowest BCUT2D eigenvalue weighted by Crippen LogP contribution is -2.45. The SMILES string of the molecule is COc1ccc(CN2CCN(Cc3ccc(OC)c(OC)c3OC)CC2)cc1OC.O=C(O)C(=O)O. The van der Waals surface area contributed by atoms with E-state index in [2.05, 4.69) is 28.0 Å². The first-order valence-corrected chi connectivity index (χ1v) is 11.2. The number of carbonyl (C=O) groups is 2. The minimum absolute atomic E-state index is 0.643. The fraction of sp³-hybridized carbons (Fsp3) is 0.440. The summed E-state index contributed by atoms with van der Waals surface area (Å²) in [6.45, 7) is 5.70. The maximum atomic E-state index is 9.10. The summed E-state index contributed by atoms with van der Waals surface area (Å²) in [7, 11) is 8.26. The number of methoxy groups -OCH3 is 5. The number of hydrogen-bond donors (Lipinski definition) is 2. The van der Waals surface area contributed by atoms with Crippen molar-refractivity contribution < 1.29 is 43.5 Å². The second kappa shape index (κ2) is 14.0. The molecule has 11 nitrogen and oxygen atoms in total. The molecule has 0 radical (unpaired) electrons. The maximum Gasteiger partial charge on any atom is 0.414 e. The maximum absolute atomic E-state index is 9.10. The van der Waals surface area contributed by atoms with Gasteiger partial charge >= 0.3 is 11.9 Å². The quantitative estimate of drug-likeness (QED) is 0.486. The molecule has 3 rings (SSSR count). The number of piperazine rings is 1. The third-order valence-electron chi connectivity index (χ3n) is 5.68. The van der Waals surface area contributed by atoms with Crippen LogP contribution in [0.4, 0.5) is 0 Å². The Bertz CT molecular complexity index is 1010. The number of carboxylic acids is 2. The van der Waals surface area contributed by atoms with E-state index >= 15 is 0 Å². The van der Waals surface area contributed by atoms with Gasteiger partial charge in [-0.25, -0.2) is 9.59 Å². The highest BCUT2D eigenvalue weighted by Gasteiger charge is 2.21. The molecule has 0 spiro atoms. The van der Waals surface area contributed by atoms with Gasteiger partial charge in [-0.1, -0.05) is 12.1 Å². The predicted molar refractivity (Wildman–Crippen MR) is 131 cm³/mol.